The van der Waals surface area contributed by atoms with Crippen molar-refractivity contribution in [2.45, 2.75) is 12.8 Å². The van der Waals surface area contributed by atoms with E-state index in [0.717, 1.165) is 0 Å². The summed E-state index contributed by atoms with van der Waals surface area (Å²) in [5, 5.41) is 10.9. The SMILES string of the molecule is C#CC(C)c1cc([N+](=O)[O-])ccc1Cl. The lowest BCUT2D eigenvalue weighted by atomic mass is 10.0. The van der Waals surface area contributed by atoms with Gasteiger partial charge in [-0.2, -0.15) is 0 Å². The van der Waals surface area contributed by atoms with Gasteiger partial charge in [-0.1, -0.05) is 17.5 Å². The van der Waals surface area contributed by atoms with Gasteiger partial charge in [-0.05, 0) is 18.6 Å². The Labute approximate surface area is 86.8 Å². The van der Waals surface area contributed by atoms with Crippen molar-refractivity contribution >= 4 is 17.3 Å². The average molecular weight is 210 g/mol. The van der Waals surface area contributed by atoms with Crippen LogP contribution in [0.5, 0.6) is 0 Å². The van der Waals surface area contributed by atoms with Crippen molar-refractivity contribution < 1.29 is 4.92 Å². The van der Waals surface area contributed by atoms with Crippen LogP contribution in [-0.2, 0) is 0 Å². The maximum absolute atomic E-state index is 10.5. The summed E-state index contributed by atoms with van der Waals surface area (Å²) in [5.41, 5.74) is 0.620. The van der Waals surface area contributed by atoms with Gasteiger partial charge in [0.05, 0.1) is 4.92 Å². The van der Waals surface area contributed by atoms with Crippen LogP contribution in [0.15, 0.2) is 18.2 Å². The maximum Gasteiger partial charge on any atom is 0.269 e. The van der Waals surface area contributed by atoms with E-state index in [2.05, 4.69) is 5.92 Å². The third-order valence-corrected chi connectivity index (χ3v) is 2.25. The molecule has 0 saturated heterocycles. The fraction of sp³-hybridized carbons (Fsp3) is 0.200. The van der Waals surface area contributed by atoms with Gasteiger partial charge in [-0.15, -0.1) is 6.42 Å². The van der Waals surface area contributed by atoms with Crippen LogP contribution >= 0.6 is 11.6 Å². The Morgan fingerprint density at radius 1 is 1.64 bits per heavy atom. The van der Waals surface area contributed by atoms with Crippen molar-refractivity contribution in [3.63, 3.8) is 0 Å². The molecule has 1 aromatic rings. The first-order valence-corrected chi connectivity index (χ1v) is 4.34. The molecule has 0 saturated carbocycles. The molecule has 1 aromatic carbocycles. The lowest BCUT2D eigenvalue weighted by Crippen LogP contribution is -1.94. The Morgan fingerprint density at radius 3 is 2.79 bits per heavy atom. The van der Waals surface area contributed by atoms with Gasteiger partial charge in [-0.25, -0.2) is 0 Å². The van der Waals surface area contributed by atoms with E-state index >= 15 is 0 Å². The van der Waals surface area contributed by atoms with Crippen molar-refractivity contribution in [1.29, 1.82) is 0 Å². The highest BCUT2D eigenvalue weighted by Crippen LogP contribution is 2.27. The van der Waals surface area contributed by atoms with Crippen LogP contribution in [0.2, 0.25) is 5.02 Å². The molecule has 0 aliphatic heterocycles. The molecule has 0 bridgehead atoms. The minimum atomic E-state index is -0.469. The van der Waals surface area contributed by atoms with Crippen LogP contribution in [0.4, 0.5) is 5.69 Å². The quantitative estimate of drug-likeness (QED) is 0.427. The fourth-order valence-electron chi connectivity index (χ4n) is 1.07. The van der Waals surface area contributed by atoms with Crippen molar-refractivity contribution in [3.05, 3.63) is 38.9 Å². The highest BCUT2D eigenvalue weighted by molar-refractivity contribution is 6.31. The van der Waals surface area contributed by atoms with Gasteiger partial charge in [0.25, 0.3) is 5.69 Å². The number of hydrogen-bond donors (Lipinski definition) is 0. The van der Waals surface area contributed by atoms with E-state index in [1.54, 1.807) is 6.92 Å². The second-order valence-electron chi connectivity index (χ2n) is 2.85. The fourth-order valence-corrected chi connectivity index (χ4v) is 1.35. The molecule has 72 valence electrons. The third-order valence-electron chi connectivity index (χ3n) is 1.91. The Bertz CT molecular complexity index is 409. The van der Waals surface area contributed by atoms with Crippen molar-refractivity contribution in [3.8, 4) is 12.3 Å². The van der Waals surface area contributed by atoms with Gasteiger partial charge in [0.2, 0.25) is 0 Å². The number of nitro benzene ring substituents is 1. The molecular weight excluding hydrogens is 202 g/mol. The van der Waals surface area contributed by atoms with Crippen LogP contribution < -0.4 is 0 Å². The highest BCUT2D eigenvalue weighted by Gasteiger charge is 2.12. The van der Waals surface area contributed by atoms with Gasteiger partial charge in [0, 0.05) is 23.1 Å². The first-order valence-electron chi connectivity index (χ1n) is 3.96. The number of halogens is 1. The summed E-state index contributed by atoms with van der Waals surface area (Å²) in [5.74, 6) is 2.26. The predicted molar refractivity (Wildman–Crippen MR) is 55.4 cm³/mol. The van der Waals surface area contributed by atoms with Crippen LogP contribution in [0.3, 0.4) is 0 Å². The van der Waals surface area contributed by atoms with Crippen molar-refractivity contribution in [2.24, 2.45) is 0 Å². The molecule has 0 spiro atoms. The monoisotopic (exact) mass is 209 g/mol. The van der Waals surface area contributed by atoms with Crippen LogP contribution in [0.25, 0.3) is 0 Å². The van der Waals surface area contributed by atoms with E-state index in [-0.39, 0.29) is 11.6 Å². The Morgan fingerprint density at radius 2 is 2.29 bits per heavy atom. The summed E-state index contributed by atoms with van der Waals surface area (Å²) < 4.78 is 0. The normalized spacial score (nSPS) is 11.8. The summed E-state index contributed by atoms with van der Waals surface area (Å²) in [6, 6.07) is 4.25. The van der Waals surface area contributed by atoms with E-state index in [1.165, 1.54) is 18.2 Å². The second kappa shape index (κ2) is 4.12. The first-order chi connectivity index (χ1) is 6.56. The summed E-state index contributed by atoms with van der Waals surface area (Å²) in [6.07, 6.45) is 5.22. The zero-order valence-electron chi connectivity index (χ0n) is 7.53. The number of rotatable bonds is 2. The van der Waals surface area contributed by atoms with E-state index in [0.29, 0.717) is 10.6 Å². The largest absolute Gasteiger partial charge is 0.269 e. The summed E-state index contributed by atoms with van der Waals surface area (Å²) in [6.45, 7) is 1.77. The molecule has 1 rings (SSSR count). The van der Waals surface area contributed by atoms with Gasteiger partial charge in [-0.3, -0.25) is 10.1 Å². The van der Waals surface area contributed by atoms with Crippen LogP contribution in [0.1, 0.15) is 18.4 Å². The number of nitro groups is 1. The van der Waals surface area contributed by atoms with Gasteiger partial charge in [0.15, 0.2) is 0 Å². The van der Waals surface area contributed by atoms with E-state index < -0.39 is 4.92 Å². The first kappa shape index (κ1) is 10.6. The molecule has 1 atom stereocenters. The molecule has 1 unspecified atom stereocenters. The predicted octanol–water partition coefficient (Wildman–Crippen LogP) is 2.98. The minimum absolute atomic E-state index is 0.00602. The summed E-state index contributed by atoms with van der Waals surface area (Å²) in [4.78, 5) is 10.0. The molecule has 4 heteroatoms. The molecule has 0 heterocycles. The van der Waals surface area contributed by atoms with Gasteiger partial charge < -0.3 is 0 Å². The lowest BCUT2D eigenvalue weighted by molar-refractivity contribution is -0.384. The summed E-state index contributed by atoms with van der Waals surface area (Å²) >= 11 is 5.86. The highest BCUT2D eigenvalue weighted by atomic mass is 35.5. The molecule has 14 heavy (non-hydrogen) atoms. The number of benzene rings is 1. The molecular formula is C10H8ClNO2. The average Bonchev–Trinajstić information content (AvgIpc) is 2.17. The zero-order valence-corrected chi connectivity index (χ0v) is 8.28. The van der Waals surface area contributed by atoms with E-state index in [9.17, 15) is 10.1 Å². The van der Waals surface area contributed by atoms with E-state index in [4.69, 9.17) is 18.0 Å². The van der Waals surface area contributed by atoms with E-state index in [1.807, 2.05) is 0 Å². The number of terminal acetylenes is 1. The van der Waals surface area contributed by atoms with Crippen LogP contribution in [0, 0.1) is 22.5 Å². The van der Waals surface area contributed by atoms with Crippen LogP contribution in [-0.4, -0.2) is 4.92 Å². The topological polar surface area (TPSA) is 43.1 Å². The van der Waals surface area contributed by atoms with Crippen molar-refractivity contribution in [1.82, 2.24) is 0 Å². The molecule has 0 fully saturated rings. The number of nitrogens with zero attached hydrogens (tertiary/aromatic N) is 1. The van der Waals surface area contributed by atoms with Gasteiger partial charge >= 0.3 is 0 Å². The molecule has 3 nitrogen and oxygen atoms in total. The minimum Gasteiger partial charge on any atom is -0.258 e. The smallest absolute Gasteiger partial charge is 0.258 e. The molecule has 0 aliphatic carbocycles. The Kier molecular flexibility index (Phi) is 3.10. The Hall–Kier alpha value is -1.53. The number of hydrogen-bond acceptors (Lipinski definition) is 2. The van der Waals surface area contributed by atoms with Crippen molar-refractivity contribution in [2.75, 3.05) is 0 Å². The standard InChI is InChI=1S/C10H8ClNO2/c1-3-7(2)9-6-8(12(13)14)4-5-10(9)11/h1,4-7H,2H3. The molecule has 0 aliphatic rings. The second-order valence-corrected chi connectivity index (χ2v) is 3.26. The third kappa shape index (κ3) is 2.04. The maximum atomic E-state index is 10.5. The molecule has 0 aromatic heterocycles. The molecule has 0 N–H and O–H groups in total. The molecule has 0 amide bonds. The lowest BCUT2D eigenvalue weighted by Gasteiger charge is -2.06. The number of non-ortho nitro benzene ring substituents is 1. The van der Waals surface area contributed by atoms with Gasteiger partial charge in [0.1, 0.15) is 0 Å². The zero-order chi connectivity index (χ0) is 10.7. The molecule has 0 radical (unpaired) electrons. The Balaban J connectivity index is 3.23. The summed E-state index contributed by atoms with van der Waals surface area (Å²) in [7, 11) is 0.